The van der Waals surface area contributed by atoms with Gasteiger partial charge >= 0.3 is 0 Å². The molecule has 0 saturated heterocycles. The summed E-state index contributed by atoms with van der Waals surface area (Å²) in [5.74, 6) is 0.962. The topological polar surface area (TPSA) is 35.2 Å². The number of hydrogen-bond donors (Lipinski definition) is 1. The van der Waals surface area contributed by atoms with Crippen LogP contribution >= 0.6 is 12.4 Å². The zero-order chi connectivity index (χ0) is 9.76. The molecular formula is C12H16ClNO. The zero-order valence-corrected chi connectivity index (χ0v) is 9.64. The van der Waals surface area contributed by atoms with Crippen molar-refractivity contribution in [3.8, 4) is 5.75 Å². The van der Waals surface area contributed by atoms with Crippen LogP contribution < -0.4 is 10.5 Å². The van der Waals surface area contributed by atoms with E-state index in [-0.39, 0.29) is 12.4 Å². The number of nitrogens with two attached hydrogens (primary N) is 1. The first-order valence-electron chi connectivity index (χ1n) is 5.19. The lowest BCUT2D eigenvalue weighted by molar-refractivity contribution is 0.413. The molecule has 0 aliphatic heterocycles. The van der Waals surface area contributed by atoms with E-state index in [0.29, 0.717) is 11.5 Å². The third kappa shape index (κ3) is 1.35. The summed E-state index contributed by atoms with van der Waals surface area (Å²) in [5, 5.41) is 0. The molecule has 2 atom stereocenters. The quantitative estimate of drug-likeness (QED) is 0.794. The van der Waals surface area contributed by atoms with Crippen LogP contribution in [0.3, 0.4) is 0 Å². The Kier molecular flexibility index (Phi) is 2.44. The van der Waals surface area contributed by atoms with Gasteiger partial charge in [0.05, 0.1) is 7.11 Å². The second-order valence-electron chi connectivity index (χ2n) is 4.49. The van der Waals surface area contributed by atoms with E-state index in [4.69, 9.17) is 10.5 Å². The van der Waals surface area contributed by atoms with Gasteiger partial charge in [-0.15, -0.1) is 12.4 Å². The molecule has 1 saturated carbocycles. The Morgan fingerprint density at radius 2 is 2.20 bits per heavy atom. The van der Waals surface area contributed by atoms with Gasteiger partial charge in [-0.25, -0.2) is 0 Å². The fraction of sp³-hybridized carbons (Fsp3) is 0.500. The number of halogens is 1. The summed E-state index contributed by atoms with van der Waals surface area (Å²) in [6, 6.07) is 6.80. The van der Waals surface area contributed by atoms with Gasteiger partial charge in [0.15, 0.2) is 0 Å². The van der Waals surface area contributed by atoms with E-state index in [1.54, 1.807) is 7.11 Å². The number of benzene rings is 1. The van der Waals surface area contributed by atoms with Crippen molar-refractivity contribution >= 4 is 12.4 Å². The first kappa shape index (κ1) is 10.8. The minimum absolute atomic E-state index is 0. The predicted octanol–water partition coefficient (Wildman–Crippen LogP) is 2.03. The third-order valence-electron chi connectivity index (χ3n) is 3.83. The molecule has 0 bridgehead atoms. The van der Waals surface area contributed by atoms with Crippen LogP contribution in [0.4, 0.5) is 0 Å². The van der Waals surface area contributed by atoms with Gasteiger partial charge in [-0.05, 0) is 42.5 Å². The summed E-state index contributed by atoms with van der Waals surface area (Å²) in [6.45, 7) is 0. The van der Waals surface area contributed by atoms with Crippen molar-refractivity contribution in [3.63, 3.8) is 0 Å². The average Bonchev–Trinajstić information content (AvgIpc) is 2.71. The van der Waals surface area contributed by atoms with Crippen LogP contribution in [0.15, 0.2) is 18.2 Å². The normalized spacial score (nSPS) is 30.9. The summed E-state index contributed by atoms with van der Waals surface area (Å²) in [5.41, 5.74) is 9.27. The Hall–Kier alpha value is -0.730. The van der Waals surface area contributed by atoms with Crippen molar-refractivity contribution < 1.29 is 4.74 Å². The molecule has 0 aromatic heterocycles. The van der Waals surface area contributed by atoms with E-state index >= 15 is 0 Å². The molecular weight excluding hydrogens is 210 g/mol. The largest absolute Gasteiger partial charge is 0.497 e. The van der Waals surface area contributed by atoms with Gasteiger partial charge in [0, 0.05) is 11.5 Å². The summed E-state index contributed by atoms with van der Waals surface area (Å²) >= 11 is 0. The predicted molar refractivity (Wildman–Crippen MR) is 62.8 cm³/mol. The number of aryl methyl sites for hydroxylation is 1. The van der Waals surface area contributed by atoms with Crippen LogP contribution in [0.25, 0.3) is 0 Å². The maximum atomic E-state index is 6.03. The Bertz CT molecular complexity index is 393. The highest BCUT2D eigenvalue weighted by atomic mass is 35.5. The highest BCUT2D eigenvalue weighted by Gasteiger charge is 2.56. The van der Waals surface area contributed by atoms with E-state index in [0.717, 1.165) is 12.2 Å². The van der Waals surface area contributed by atoms with Crippen LogP contribution in [-0.2, 0) is 11.8 Å². The molecule has 82 valence electrons. The monoisotopic (exact) mass is 225 g/mol. The molecule has 2 nitrogen and oxygen atoms in total. The molecule has 2 aliphatic carbocycles. The molecule has 1 spiro atoms. The van der Waals surface area contributed by atoms with Gasteiger partial charge in [-0.3, -0.25) is 0 Å². The molecule has 2 aliphatic rings. The van der Waals surface area contributed by atoms with E-state index in [2.05, 4.69) is 12.1 Å². The molecule has 0 radical (unpaired) electrons. The van der Waals surface area contributed by atoms with Crippen LogP contribution in [0.1, 0.15) is 24.0 Å². The number of methoxy groups -OCH3 is 1. The molecule has 1 aromatic rings. The lowest BCUT2D eigenvalue weighted by Crippen LogP contribution is -2.15. The zero-order valence-electron chi connectivity index (χ0n) is 8.82. The number of rotatable bonds is 1. The van der Waals surface area contributed by atoms with Crippen molar-refractivity contribution in [2.24, 2.45) is 5.73 Å². The number of fused-ring (bicyclic) bond motifs is 2. The second kappa shape index (κ2) is 3.39. The molecule has 1 aromatic carbocycles. The minimum atomic E-state index is 0. The van der Waals surface area contributed by atoms with Crippen molar-refractivity contribution in [2.45, 2.75) is 30.7 Å². The van der Waals surface area contributed by atoms with E-state index in [9.17, 15) is 0 Å². The van der Waals surface area contributed by atoms with Crippen LogP contribution in [-0.4, -0.2) is 13.2 Å². The molecule has 2 unspecified atom stereocenters. The van der Waals surface area contributed by atoms with Crippen LogP contribution in [0.2, 0.25) is 0 Å². The molecule has 0 amide bonds. The highest BCUT2D eigenvalue weighted by Crippen LogP contribution is 2.56. The minimum Gasteiger partial charge on any atom is -0.497 e. The number of ether oxygens (including phenoxy) is 1. The number of hydrogen-bond acceptors (Lipinski definition) is 2. The van der Waals surface area contributed by atoms with Gasteiger partial charge in [0.25, 0.3) is 0 Å². The summed E-state index contributed by atoms with van der Waals surface area (Å²) < 4.78 is 5.25. The molecule has 15 heavy (non-hydrogen) atoms. The summed E-state index contributed by atoms with van der Waals surface area (Å²) in [6.07, 6.45) is 3.58. The van der Waals surface area contributed by atoms with Gasteiger partial charge in [-0.1, -0.05) is 6.07 Å². The van der Waals surface area contributed by atoms with Crippen molar-refractivity contribution in [3.05, 3.63) is 29.3 Å². The fourth-order valence-corrected chi connectivity index (χ4v) is 2.79. The lowest BCUT2D eigenvalue weighted by atomic mass is 9.97. The van der Waals surface area contributed by atoms with Gasteiger partial charge in [0.1, 0.15) is 5.75 Å². The molecule has 3 heteroatoms. The van der Waals surface area contributed by atoms with Crippen molar-refractivity contribution in [1.82, 2.24) is 0 Å². The van der Waals surface area contributed by atoms with Gasteiger partial charge in [0.2, 0.25) is 0 Å². The maximum Gasteiger partial charge on any atom is 0.119 e. The summed E-state index contributed by atoms with van der Waals surface area (Å²) in [7, 11) is 1.72. The second-order valence-corrected chi connectivity index (χ2v) is 4.49. The van der Waals surface area contributed by atoms with E-state index < -0.39 is 0 Å². The van der Waals surface area contributed by atoms with Gasteiger partial charge < -0.3 is 10.5 Å². The average molecular weight is 226 g/mol. The maximum absolute atomic E-state index is 6.03. The SMILES string of the molecule is COc1ccc2c(c1)C1(CC2)CC1N.Cl. The molecule has 1 fully saturated rings. The van der Waals surface area contributed by atoms with Gasteiger partial charge in [-0.2, -0.15) is 0 Å². The van der Waals surface area contributed by atoms with Crippen LogP contribution in [0, 0.1) is 0 Å². The molecule has 0 heterocycles. The highest BCUT2D eigenvalue weighted by molar-refractivity contribution is 5.85. The smallest absolute Gasteiger partial charge is 0.119 e. The standard InChI is InChI=1S/C12H15NO.ClH/c1-14-9-3-2-8-4-5-12(7-11(12)13)10(8)6-9;/h2-3,6,11H,4-5,7,13H2,1H3;1H. The van der Waals surface area contributed by atoms with Crippen LogP contribution in [0.5, 0.6) is 5.75 Å². The fourth-order valence-electron chi connectivity index (χ4n) is 2.79. The van der Waals surface area contributed by atoms with Crippen molar-refractivity contribution in [2.75, 3.05) is 7.11 Å². The molecule has 2 N–H and O–H groups in total. The summed E-state index contributed by atoms with van der Waals surface area (Å²) in [4.78, 5) is 0. The van der Waals surface area contributed by atoms with Crippen molar-refractivity contribution in [1.29, 1.82) is 0 Å². The first-order valence-corrected chi connectivity index (χ1v) is 5.19. The Morgan fingerprint density at radius 1 is 1.47 bits per heavy atom. The van der Waals surface area contributed by atoms with E-state index in [1.807, 2.05) is 6.07 Å². The Balaban J connectivity index is 0.000000853. The Labute approximate surface area is 96.2 Å². The lowest BCUT2D eigenvalue weighted by Gasteiger charge is -2.10. The third-order valence-corrected chi connectivity index (χ3v) is 3.83. The van der Waals surface area contributed by atoms with E-state index in [1.165, 1.54) is 24.0 Å². The first-order chi connectivity index (χ1) is 6.76. The Morgan fingerprint density at radius 3 is 2.80 bits per heavy atom. The molecule has 3 rings (SSSR count).